The minimum absolute atomic E-state index is 0.223. The van der Waals surface area contributed by atoms with Crippen molar-refractivity contribution in [3.8, 4) is 22.3 Å². The van der Waals surface area contributed by atoms with Crippen LogP contribution in [0.25, 0.3) is 22.3 Å². The largest absolute Gasteiger partial charge is 0.444 e. The first-order chi connectivity index (χ1) is 27.6. The molecule has 4 rings (SSSR count). The predicted octanol–water partition coefficient (Wildman–Crippen LogP) is 9.90. The number of aliphatic hydroxyl groups excluding tert-OH is 2. The molecule has 2 amide bonds. The van der Waals surface area contributed by atoms with Crippen LogP contribution in [-0.4, -0.2) is 46.8 Å². The summed E-state index contributed by atoms with van der Waals surface area (Å²) in [6.45, 7) is 12.7. The SMILES string of the molecule is C[C@@H](N)c1ccc(-c2cc(C(F)(F)F)ccc2[C@@H](CO)NC(=O)OC(C)(C)C)cc1.C[C@@H](N)c1ccc(-c2cc(C(F)(F)F)ccc2[C@@H](CO)NC(=O)OC(C)(C)C)cc1. The molecule has 4 aromatic carbocycles. The predicted molar refractivity (Wildman–Crippen MR) is 217 cm³/mol. The lowest BCUT2D eigenvalue weighted by atomic mass is 9.92. The molecule has 10 nitrogen and oxygen atoms in total. The summed E-state index contributed by atoms with van der Waals surface area (Å²) >= 11 is 0. The Bertz CT molecular complexity index is 1890. The molecule has 0 heterocycles. The maximum Gasteiger partial charge on any atom is 0.416 e. The molecule has 0 saturated heterocycles. The highest BCUT2D eigenvalue weighted by Gasteiger charge is 2.34. The van der Waals surface area contributed by atoms with Crippen LogP contribution in [0.3, 0.4) is 0 Å². The van der Waals surface area contributed by atoms with E-state index in [1.165, 1.54) is 12.1 Å². The molecule has 4 atom stereocenters. The molecule has 0 aliphatic carbocycles. The summed E-state index contributed by atoms with van der Waals surface area (Å²) in [4.78, 5) is 24.3. The monoisotopic (exact) mass is 848 g/mol. The van der Waals surface area contributed by atoms with Gasteiger partial charge >= 0.3 is 24.5 Å². The third-order valence-electron chi connectivity index (χ3n) is 8.75. The van der Waals surface area contributed by atoms with Crippen molar-refractivity contribution in [2.75, 3.05) is 13.2 Å². The Labute approximate surface area is 346 Å². The van der Waals surface area contributed by atoms with Crippen molar-refractivity contribution in [1.29, 1.82) is 0 Å². The maximum absolute atomic E-state index is 13.3. The molecule has 0 aliphatic heterocycles. The van der Waals surface area contributed by atoms with Gasteiger partial charge in [0.05, 0.1) is 36.4 Å². The Morgan fingerprint density at radius 1 is 0.567 bits per heavy atom. The number of aliphatic hydroxyl groups is 2. The summed E-state index contributed by atoms with van der Waals surface area (Å²) in [6.07, 6.45) is -10.6. The molecule has 328 valence electrons. The Morgan fingerprint density at radius 3 is 1.10 bits per heavy atom. The Hall–Kier alpha value is -5.16. The smallest absolute Gasteiger partial charge is 0.416 e. The Morgan fingerprint density at radius 2 is 0.867 bits per heavy atom. The van der Waals surface area contributed by atoms with E-state index < -0.39 is 72.2 Å². The van der Waals surface area contributed by atoms with Crippen LogP contribution in [0.4, 0.5) is 35.9 Å². The normalized spacial score (nSPS) is 14.2. The summed E-state index contributed by atoms with van der Waals surface area (Å²) in [7, 11) is 0. The molecule has 0 bridgehead atoms. The minimum atomic E-state index is -4.54. The molecular formula is C44H54F6N4O6. The maximum atomic E-state index is 13.3. The first-order valence-corrected chi connectivity index (χ1v) is 19.0. The Balaban J connectivity index is 0.000000320. The summed E-state index contributed by atoms with van der Waals surface area (Å²) in [5.41, 5.74) is 12.4. The van der Waals surface area contributed by atoms with E-state index >= 15 is 0 Å². The molecule has 0 unspecified atom stereocenters. The van der Waals surface area contributed by atoms with E-state index in [0.717, 1.165) is 35.4 Å². The lowest BCUT2D eigenvalue weighted by Crippen LogP contribution is -2.36. The lowest BCUT2D eigenvalue weighted by molar-refractivity contribution is -0.138. The van der Waals surface area contributed by atoms with Gasteiger partial charge in [0.15, 0.2) is 0 Å². The van der Waals surface area contributed by atoms with Crippen molar-refractivity contribution in [1.82, 2.24) is 10.6 Å². The highest BCUT2D eigenvalue weighted by Crippen LogP contribution is 2.38. The number of rotatable bonds is 10. The highest BCUT2D eigenvalue weighted by atomic mass is 19.4. The van der Waals surface area contributed by atoms with Gasteiger partial charge in [0, 0.05) is 12.1 Å². The van der Waals surface area contributed by atoms with Crippen LogP contribution >= 0.6 is 0 Å². The topological polar surface area (TPSA) is 169 Å². The molecule has 0 aromatic heterocycles. The number of carbonyl (C=O) groups is 2. The van der Waals surface area contributed by atoms with Gasteiger partial charge in [-0.05, 0) is 124 Å². The summed E-state index contributed by atoms with van der Waals surface area (Å²) in [6, 6.07) is 17.6. The van der Waals surface area contributed by atoms with Crippen LogP contribution in [0, 0.1) is 0 Å². The van der Waals surface area contributed by atoms with E-state index in [1.54, 1.807) is 104 Å². The zero-order chi connectivity index (χ0) is 45.4. The van der Waals surface area contributed by atoms with E-state index in [-0.39, 0.29) is 23.2 Å². The first-order valence-electron chi connectivity index (χ1n) is 19.0. The molecule has 8 N–H and O–H groups in total. The molecule has 0 spiro atoms. The van der Waals surface area contributed by atoms with Gasteiger partial charge in [-0.15, -0.1) is 0 Å². The van der Waals surface area contributed by atoms with Crippen molar-refractivity contribution in [2.45, 2.75) is 103 Å². The van der Waals surface area contributed by atoms with Crippen LogP contribution in [0.1, 0.15) is 113 Å². The third-order valence-corrected chi connectivity index (χ3v) is 8.75. The fourth-order valence-corrected chi connectivity index (χ4v) is 5.85. The number of ether oxygens (including phenoxy) is 2. The van der Waals surface area contributed by atoms with E-state index in [1.807, 2.05) is 0 Å². The van der Waals surface area contributed by atoms with Crippen LogP contribution in [0.15, 0.2) is 84.9 Å². The molecular weight excluding hydrogens is 794 g/mol. The molecule has 16 heteroatoms. The van der Waals surface area contributed by atoms with Crippen molar-refractivity contribution in [2.24, 2.45) is 11.5 Å². The van der Waals surface area contributed by atoms with Gasteiger partial charge < -0.3 is 41.8 Å². The van der Waals surface area contributed by atoms with Crippen LogP contribution < -0.4 is 22.1 Å². The summed E-state index contributed by atoms with van der Waals surface area (Å²) < 4.78 is 90.3. The van der Waals surface area contributed by atoms with Crippen molar-refractivity contribution in [3.05, 3.63) is 118 Å². The fraction of sp³-hybridized carbons (Fsp3) is 0.409. The number of alkyl carbamates (subject to hydrolysis) is 2. The summed E-state index contributed by atoms with van der Waals surface area (Å²) in [5.74, 6) is 0. The number of nitrogens with two attached hydrogens (primary N) is 2. The van der Waals surface area contributed by atoms with Gasteiger partial charge in [-0.1, -0.05) is 60.7 Å². The number of halogens is 6. The van der Waals surface area contributed by atoms with Crippen LogP contribution in [-0.2, 0) is 21.8 Å². The molecule has 0 aliphatic rings. The van der Waals surface area contributed by atoms with Gasteiger partial charge in [-0.3, -0.25) is 0 Å². The van der Waals surface area contributed by atoms with Crippen LogP contribution in [0.2, 0.25) is 0 Å². The molecule has 0 saturated carbocycles. The van der Waals surface area contributed by atoms with Crippen molar-refractivity contribution < 1.29 is 55.6 Å². The number of hydrogen-bond donors (Lipinski definition) is 6. The molecule has 60 heavy (non-hydrogen) atoms. The van der Waals surface area contributed by atoms with Crippen molar-refractivity contribution >= 4 is 12.2 Å². The quantitative estimate of drug-likeness (QED) is 0.0858. The Kier molecular flexibility index (Phi) is 16.3. The summed E-state index contributed by atoms with van der Waals surface area (Å²) in [5, 5.41) is 24.7. The van der Waals surface area contributed by atoms with E-state index in [4.69, 9.17) is 20.9 Å². The van der Waals surface area contributed by atoms with Gasteiger partial charge in [0.2, 0.25) is 0 Å². The number of amides is 2. The van der Waals surface area contributed by atoms with E-state index in [2.05, 4.69) is 10.6 Å². The number of nitrogens with one attached hydrogen (secondary N) is 2. The molecule has 4 aromatic rings. The second-order valence-electron chi connectivity index (χ2n) is 16.2. The van der Waals surface area contributed by atoms with E-state index in [9.17, 15) is 46.1 Å². The van der Waals surface area contributed by atoms with E-state index in [0.29, 0.717) is 22.3 Å². The van der Waals surface area contributed by atoms with Crippen molar-refractivity contribution in [3.63, 3.8) is 0 Å². The number of benzene rings is 4. The second kappa shape index (κ2) is 19.9. The number of carbonyl (C=O) groups excluding carboxylic acids is 2. The van der Waals surface area contributed by atoms with Gasteiger partial charge in [-0.2, -0.15) is 26.3 Å². The lowest BCUT2D eigenvalue weighted by Gasteiger charge is -2.25. The molecule has 0 radical (unpaired) electrons. The standard InChI is InChI=1S/2C22H27F3N2O3/c2*1-13(26)14-5-7-15(8-6-14)18-11-16(22(23,24)25)9-10-17(18)19(12-28)27-20(29)30-21(2,3)4/h2*5-11,13,19,28H,12,26H2,1-4H3,(H,27,29)/t2*13-,19-/m11/s1. The van der Waals surface area contributed by atoms with Gasteiger partial charge in [-0.25, -0.2) is 9.59 Å². The molecule has 0 fully saturated rings. The number of hydrogen-bond acceptors (Lipinski definition) is 8. The third kappa shape index (κ3) is 14.5. The zero-order valence-corrected chi connectivity index (χ0v) is 34.8. The van der Waals surface area contributed by atoms with Gasteiger partial charge in [0.25, 0.3) is 0 Å². The highest BCUT2D eigenvalue weighted by molar-refractivity contribution is 5.74. The average Bonchev–Trinajstić information content (AvgIpc) is 3.14. The average molecular weight is 849 g/mol. The minimum Gasteiger partial charge on any atom is -0.444 e. The fourth-order valence-electron chi connectivity index (χ4n) is 5.85. The zero-order valence-electron chi connectivity index (χ0n) is 34.8. The van der Waals surface area contributed by atoms with Gasteiger partial charge in [0.1, 0.15) is 11.2 Å². The van der Waals surface area contributed by atoms with Crippen LogP contribution in [0.5, 0.6) is 0 Å². The first kappa shape index (κ1) is 49.2. The second-order valence-corrected chi connectivity index (χ2v) is 16.2. The number of alkyl halides is 6.